The van der Waals surface area contributed by atoms with Crippen molar-refractivity contribution in [3.8, 4) is 11.4 Å². The third-order valence-corrected chi connectivity index (χ3v) is 11.8. The molecule has 0 radical (unpaired) electrons. The molecule has 2 aromatic carbocycles. The van der Waals surface area contributed by atoms with Gasteiger partial charge in [0.2, 0.25) is 23.6 Å². The molecule has 4 amide bonds. The van der Waals surface area contributed by atoms with Gasteiger partial charge in [0.05, 0.1) is 67.5 Å². The van der Waals surface area contributed by atoms with Crippen molar-refractivity contribution in [1.29, 1.82) is 0 Å². The van der Waals surface area contributed by atoms with Gasteiger partial charge in [-0.05, 0) is 54.5 Å². The third-order valence-electron chi connectivity index (χ3n) is 11.8. The smallest absolute Gasteiger partial charge is 0.343 e. The van der Waals surface area contributed by atoms with Gasteiger partial charge in [0.25, 0.3) is 5.56 Å². The van der Waals surface area contributed by atoms with E-state index >= 15 is 4.39 Å². The van der Waals surface area contributed by atoms with Crippen LogP contribution in [0.2, 0.25) is 0 Å². The van der Waals surface area contributed by atoms with E-state index in [0.29, 0.717) is 41.0 Å². The molecule has 0 spiro atoms. The highest BCUT2D eigenvalue weighted by atomic mass is 19.1. The number of amides is 4. The first kappa shape index (κ1) is 42.8. The molecule has 7 N–H and O–H groups in total. The third kappa shape index (κ3) is 8.15. The molecule has 3 aromatic heterocycles. The molecule has 19 nitrogen and oxygen atoms in total. The zero-order valence-corrected chi connectivity index (χ0v) is 34.5. The molecule has 1 unspecified atom stereocenters. The summed E-state index contributed by atoms with van der Waals surface area (Å²) < 4.78 is 29.5. The number of esters is 1. The lowest BCUT2D eigenvalue weighted by Crippen LogP contribution is -2.52. The van der Waals surface area contributed by atoms with Crippen LogP contribution in [0.3, 0.4) is 0 Å². The summed E-state index contributed by atoms with van der Waals surface area (Å²) in [4.78, 5) is 81.4. The van der Waals surface area contributed by atoms with E-state index in [-0.39, 0.29) is 63.5 Å². The van der Waals surface area contributed by atoms with E-state index in [2.05, 4.69) is 31.6 Å². The molecular weight excluding hydrogens is 820 g/mol. The highest BCUT2D eigenvalue weighted by Crippen LogP contribution is 2.46. The van der Waals surface area contributed by atoms with Gasteiger partial charge in [0, 0.05) is 29.0 Å². The number of rotatable bonds is 15. The van der Waals surface area contributed by atoms with Gasteiger partial charge in [-0.1, -0.05) is 42.5 Å². The summed E-state index contributed by atoms with van der Waals surface area (Å²) in [6, 6.07) is 10.5. The Balaban J connectivity index is 0.944. The van der Waals surface area contributed by atoms with E-state index in [1.165, 1.54) is 6.07 Å². The average Bonchev–Trinajstić information content (AvgIpc) is 3.92. The lowest BCUT2D eigenvalue weighted by atomic mass is 9.81. The molecule has 3 aliphatic rings. The van der Waals surface area contributed by atoms with Crippen LogP contribution in [0.5, 0.6) is 0 Å². The Morgan fingerprint density at radius 3 is 2.59 bits per heavy atom. The summed E-state index contributed by atoms with van der Waals surface area (Å²) in [5.41, 5.74) is 8.54. The first-order chi connectivity index (χ1) is 30.3. The van der Waals surface area contributed by atoms with E-state index in [1.807, 2.05) is 6.07 Å². The molecule has 20 heteroatoms. The molecule has 3 atom stereocenters. The SMILES string of the molecule is CC[C@@]1(O)C(=O)OCc2c1cc1n(c2=O)Cc2c-1nc1cc(F)c(C)c3c1c2[C@@H](n1cc(COCNC(=O)CNC(=O)C(Cc2ccccc2)NC(=O)CNC(=O)CN)nn1)CC3. The van der Waals surface area contributed by atoms with Gasteiger partial charge in [-0.3, -0.25) is 24.0 Å². The number of benzene rings is 2. The number of nitrogens with zero attached hydrogens (tertiary/aromatic N) is 5. The Morgan fingerprint density at radius 2 is 1.83 bits per heavy atom. The van der Waals surface area contributed by atoms with Gasteiger partial charge in [-0.2, -0.15) is 0 Å². The lowest BCUT2D eigenvalue weighted by molar-refractivity contribution is -0.172. The number of ether oxygens (including phenoxy) is 2. The molecule has 328 valence electrons. The van der Waals surface area contributed by atoms with Crippen LogP contribution in [0.1, 0.15) is 70.4 Å². The van der Waals surface area contributed by atoms with E-state index < -0.39 is 65.2 Å². The van der Waals surface area contributed by atoms with Crippen molar-refractivity contribution in [3.63, 3.8) is 0 Å². The summed E-state index contributed by atoms with van der Waals surface area (Å²) in [5, 5.41) is 30.9. The largest absolute Gasteiger partial charge is 0.458 e. The molecule has 8 rings (SSSR count). The summed E-state index contributed by atoms with van der Waals surface area (Å²) in [7, 11) is 0. The van der Waals surface area contributed by atoms with Gasteiger partial charge in [0.1, 0.15) is 30.9 Å². The molecule has 2 aliphatic heterocycles. The van der Waals surface area contributed by atoms with Crippen molar-refractivity contribution in [1.82, 2.24) is 45.8 Å². The monoisotopic (exact) mass is 864 g/mol. The van der Waals surface area contributed by atoms with Crippen LogP contribution in [0.25, 0.3) is 22.3 Å². The summed E-state index contributed by atoms with van der Waals surface area (Å²) >= 11 is 0. The number of fused-ring (bicyclic) bond motifs is 5. The zero-order chi connectivity index (χ0) is 44.6. The highest BCUT2D eigenvalue weighted by Gasteiger charge is 2.46. The Hall–Kier alpha value is -6.90. The van der Waals surface area contributed by atoms with Crippen LogP contribution in [-0.4, -0.2) is 91.7 Å². The minimum Gasteiger partial charge on any atom is -0.458 e. The van der Waals surface area contributed by atoms with Crippen LogP contribution in [0.15, 0.2) is 53.5 Å². The number of cyclic esters (lactones) is 1. The number of aliphatic hydroxyl groups is 1. The topological polar surface area (TPSA) is 264 Å². The van der Waals surface area contributed by atoms with Crippen molar-refractivity contribution < 1.29 is 42.9 Å². The Labute approximate surface area is 358 Å². The fourth-order valence-corrected chi connectivity index (χ4v) is 8.52. The number of carbonyl (C=O) groups excluding carboxylic acids is 5. The summed E-state index contributed by atoms with van der Waals surface area (Å²) in [6.07, 6.45) is 2.88. The number of aryl methyl sites for hydroxylation is 1. The number of nitrogens with one attached hydrogen (secondary N) is 4. The number of hydrogen-bond acceptors (Lipinski definition) is 13. The number of hydrogen-bond donors (Lipinski definition) is 6. The van der Waals surface area contributed by atoms with Gasteiger partial charge < -0.3 is 46.1 Å². The van der Waals surface area contributed by atoms with Crippen LogP contribution >= 0.6 is 0 Å². The number of nitrogens with two attached hydrogens (primary N) is 1. The molecular formula is C43H45FN10O9. The first-order valence-corrected chi connectivity index (χ1v) is 20.5. The quantitative estimate of drug-likeness (QED) is 0.0457. The van der Waals surface area contributed by atoms with Gasteiger partial charge in [-0.15, -0.1) is 5.10 Å². The second-order valence-corrected chi connectivity index (χ2v) is 15.7. The number of aromatic nitrogens is 5. The molecule has 0 saturated heterocycles. The Morgan fingerprint density at radius 1 is 1.05 bits per heavy atom. The maximum Gasteiger partial charge on any atom is 0.343 e. The van der Waals surface area contributed by atoms with E-state index in [0.717, 1.165) is 27.6 Å². The van der Waals surface area contributed by atoms with Gasteiger partial charge >= 0.3 is 5.97 Å². The fraction of sp³-hybridized carbons (Fsp3) is 0.372. The van der Waals surface area contributed by atoms with Crippen LogP contribution < -0.4 is 32.6 Å². The molecule has 63 heavy (non-hydrogen) atoms. The molecule has 0 fully saturated rings. The average molecular weight is 865 g/mol. The zero-order valence-electron chi connectivity index (χ0n) is 34.5. The maximum atomic E-state index is 15.4. The molecule has 0 saturated carbocycles. The molecule has 5 aromatic rings. The van der Waals surface area contributed by atoms with Crippen LogP contribution in [-0.2, 0) is 71.6 Å². The number of halogens is 1. The van der Waals surface area contributed by atoms with Crippen molar-refractivity contribution in [2.24, 2.45) is 5.73 Å². The highest BCUT2D eigenvalue weighted by molar-refractivity contribution is 5.94. The predicted octanol–water partition coefficient (Wildman–Crippen LogP) is 0.163. The standard InChI is InChI=1S/C43H45FN10O9/c1-3-43(61)28-12-33-39-26(18-53(33)41(59)27(28)20-63-42(43)60)38-32(10-9-25-22(2)29(44)13-30(50-39)37(25)38)54-17-24(51-52-54)19-62-21-48-35(56)15-47-40(58)31(11-23-7-5-4-6-8-23)49-36(57)16-46-34(55)14-45/h4-8,12-13,17,31-32,61H,3,9-11,14-16,18-21,45H2,1-2H3,(H,46,55)(H,47,58)(H,48,56)(H,49,57)/t31?,32-,43-/m0/s1. The minimum atomic E-state index is -2.01. The summed E-state index contributed by atoms with van der Waals surface area (Å²) in [6.45, 7) is 1.88. The van der Waals surface area contributed by atoms with Crippen LogP contribution in [0, 0.1) is 12.7 Å². The van der Waals surface area contributed by atoms with Crippen LogP contribution in [0.4, 0.5) is 4.39 Å². The normalized spacial score (nSPS) is 17.5. The van der Waals surface area contributed by atoms with Gasteiger partial charge in [0.15, 0.2) is 5.60 Å². The van der Waals surface area contributed by atoms with E-state index in [4.69, 9.17) is 20.2 Å². The summed E-state index contributed by atoms with van der Waals surface area (Å²) in [5.74, 6) is -3.55. The van der Waals surface area contributed by atoms with Crippen molar-refractivity contribution in [2.45, 2.75) is 77.0 Å². The second-order valence-electron chi connectivity index (χ2n) is 15.7. The molecule has 1 aliphatic carbocycles. The lowest BCUT2D eigenvalue weighted by Gasteiger charge is -2.31. The molecule has 0 bridgehead atoms. The second kappa shape index (κ2) is 17.5. The van der Waals surface area contributed by atoms with Gasteiger partial charge in [-0.25, -0.2) is 18.9 Å². The Bertz CT molecular complexity index is 2740. The van der Waals surface area contributed by atoms with Crippen molar-refractivity contribution in [3.05, 3.63) is 109 Å². The fourth-order valence-electron chi connectivity index (χ4n) is 8.52. The van der Waals surface area contributed by atoms with E-state index in [1.54, 1.807) is 59.6 Å². The Kier molecular flexibility index (Phi) is 11.9. The number of pyridine rings is 2. The minimum absolute atomic E-state index is 0.0108. The molecule has 5 heterocycles. The van der Waals surface area contributed by atoms with Crippen molar-refractivity contribution in [2.75, 3.05) is 26.4 Å². The maximum absolute atomic E-state index is 15.4. The van der Waals surface area contributed by atoms with Crippen molar-refractivity contribution >= 4 is 40.5 Å². The predicted molar refractivity (Wildman–Crippen MR) is 221 cm³/mol. The first-order valence-electron chi connectivity index (χ1n) is 20.5. The number of carbonyl (C=O) groups is 5. The van der Waals surface area contributed by atoms with E-state index in [9.17, 15) is 33.9 Å².